The number of phenols is 1. The second-order valence-corrected chi connectivity index (χ2v) is 6.02. The minimum atomic E-state index is -0.827. The van der Waals surface area contributed by atoms with Crippen LogP contribution in [-0.4, -0.2) is 42.9 Å². The lowest BCUT2D eigenvalue weighted by Crippen LogP contribution is -2.24. The van der Waals surface area contributed by atoms with Crippen molar-refractivity contribution >= 4 is 0 Å². The number of fused-ring (bicyclic) bond motifs is 1. The normalized spacial score (nSPS) is 24.2. The van der Waals surface area contributed by atoms with E-state index < -0.39 is 6.17 Å². The molecular weight excluding hydrogens is 281 g/mol. The third-order valence-electron chi connectivity index (χ3n) is 4.51. The van der Waals surface area contributed by atoms with Gasteiger partial charge in [0.15, 0.2) is 11.5 Å². The predicted octanol–water partition coefficient (Wildman–Crippen LogP) is 3.10. The van der Waals surface area contributed by atoms with Crippen molar-refractivity contribution in [2.24, 2.45) is 5.92 Å². The molecule has 0 spiro atoms. The highest BCUT2D eigenvalue weighted by Crippen LogP contribution is 2.31. The molecule has 4 heteroatoms. The Morgan fingerprint density at radius 1 is 1.41 bits per heavy atom. The Morgan fingerprint density at radius 3 is 3.05 bits per heavy atom. The summed E-state index contributed by atoms with van der Waals surface area (Å²) in [5.74, 6) is 0.739. The fraction of sp³-hybridized carbons (Fsp3) is 0.444. The molecule has 0 amide bonds. The first-order valence-corrected chi connectivity index (χ1v) is 7.77. The smallest absolute Gasteiger partial charge is 0.160 e. The Kier molecular flexibility index (Phi) is 4.48. The van der Waals surface area contributed by atoms with Crippen LogP contribution in [0.25, 0.3) is 0 Å². The number of ether oxygens (including phenoxy) is 1. The summed E-state index contributed by atoms with van der Waals surface area (Å²) in [5, 5.41) is 9.60. The molecule has 1 saturated heterocycles. The maximum absolute atomic E-state index is 13.8. The predicted molar refractivity (Wildman–Crippen MR) is 85.0 cm³/mol. The van der Waals surface area contributed by atoms with E-state index in [9.17, 15) is 9.50 Å². The van der Waals surface area contributed by atoms with Crippen LogP contribution in [0, 0.1) is 5.92 Å². The topological polar surface area (TPSA) is 32.7 Å². The van der Waals surface area contributed by atoms with Gasteiger partial charge in [0.2, 0.25) is 0 Å². The number of allylic oxidation sites excluding steroid dienone is 3. The molecule has 0 bridgehead atoms. The number of nitrogens with zero attached hydrogens (tertiary/aromatic N) is 1. The van der Waals surface area contributed by atoms with Crippen molar-refractivity contribution in [1.82, 2.24) is 4.90 Å². The number of rotatable bonds is 5. The van der Waals surface area contributed by atoms with E-state index in [0.717, 1.165) is 38.0 Å². The number of hydrogen-bond acceptors (Lipinski definition) is 3. The Balaban J connectivity index is 1.50. The summed E-state index contributed by atoms with van der Waals surface area (Å²) in [6.07, 6.45) is 6.66. The molecule has 22 heavy (non-hydrogen) atoms. The van der Waals surface area contributed by atoms with Crippen molar-refractivity contribution in [3.63, 3.8) is 0 Å². The first kappa shape index (κ1) is 15.1. The van der Waals surface area contributed by atoms with Gasteiger partial charge in [0.05, 0.1) is 7.11 Å². The molecule has 3 nitrogen and oxygen atoms in total. The third-order valence-corrected chi connectivity index (χ3v) is 4.51. The summed E-state index contributed by atoms with van der Waals surface area (Å²) >= 11 is 0. The summed E-state index contributed by atoms with van der Waals surface area (Å²) in [6.45, 7) is 2.66. The number of alkyl halides is 1. The zero-order valence-corrected chi connectivity index (χ0v) is 12.8. The second kappa shape index (κ2) is 6.53. The van der Waals surface area contributed by atoms with Gasteiger partial charge in [0, 0.05) is 19.0 Å². The van der Waals surface area contributed by atoms with Gasteiger partial charge in [-0.1, -0.05) is 24.3 Å². The Labute approximate surface area is 130 Å². The van der Waals surface area contributed by atoms with Crippen LogP contribution in [0.4, 0.5) is 4.39 Å². The number of benzene rings is 1. The van der Waals surface area contributed by atoms with Gasteiger partial charge in [-0.25, -0.2) is 4.39 Å². The fourth-order valence-corrected chi connectivity index (χ4v) is 3.29. The third kappa shape index (κ3) is 3.17. The summed E-state index contributed by atoms with van der Waals surface area (Å²) in [6, 6.07) is 5.47. The molecule has 1 aliphatic carbocycles. The second-order valence-electron chi connectivity index (χ2n) is 6.02. The quantitative estimate of drug-likeness (QED) is 0.907. The van der Waals surface area contributed by atoms with Gasteiger partial charge in [0.25, 0.3) is 0 Å². The molecule has 0 saturated carbocycles. The van der Waals surface area contributed by atoms with E-state index in [-0.39, 0.29) is 11.7 Å². The summed E-state index contributed by atoms with van der Waals surface area (Å²) < 4.78 is 19.0. The maximum Gasteiger partial charge on any atom is 0.160 e. The van der Waals surface area contributed by atoms with Gasteiger partial charge < -0.3 is 9.84 Å². The molecule has 3 rings (SSSR count). The number of aromatic hydroxyl groups is 1. The van der Waals surface area contributed by atoms with E-state index >= 15 is 0 Å². The highest BCUT2D eigenvalue weighted by atomic mass is 19.1. The molecular formula is C18H22FNO2. The molecule has 1 aromatic carbocycles. The lowest BCUT2D eigenvalue weighted by Gasteiger charge is -2.17. The number of halogens is 1. The van der Waals surface area contributed by atoms with Crippen LogP contribution in [0.1, 0.15) is 12.0 Å². The van der Waals surface area contributed by atoms with Crippen LogP contribution in [0.5, 0.6) is 11.5 Å². The van der Waals surface area contributed by atoms with Gasteiger partial charge in [0.1, 0.15) is 6.17 Å². The zero-order chi connectivity index (χ0) is 15.5. The molecule has 1 aliphatic heterocycles. The Hall–Kier alpha value is -1.81. The molecule has 2 atom stereocenters. The van der Waals surface area contributed by atoms with Crippen LogP contribution in [0.3, 0.4) is 0 Å². The van der Waals surface area contributed by atoms with Gasteiger partial charge in [-0.3, -0.25) is 4.90 Å². The number of phenolic OH excluding ortho intramolecular Hbond substituents is 1. The minimum Gasteiger partial charge on any atom is -0.504 e. The summed E-state index contributed by atoms with van der Waals surface area (Å²) in [7, 11) is 1.56. The van der Waals surface area contributed by atoms with Crippen LogP contribution < -0.4 is 4.74 Å². The van der Waals surface area contributed by atoms with E-state index in [0.29, 0.717) is 5.75 Å². The Morgan fingerprint density at radius 2 is 2.27 bits per heavy atom. The van der Waals surface area contributed by atoms with Crippen molar-refractivity contribution in [3.05, 3.63) is 47.6 Å². The largest absolute Gasteiger partial charge is 0.504 e. The number of methoxy groups -OCH3 is 1. The zero-order valence-electron chi connectivity index (χ0n) is 12.8. The van der Waals surface area contributed by atoms with Gasteiger partial charge in [-0.05, 0) is 42.7 Å². The van der Waals surface area contributed by atoms with E-state index in [1.165, 1.54) is 5.57 Å². The molecule has 1 heterocycles. The minimum absolute atomic E-state index is 0.0544. The first-order chi connectivity index (χ1) is 10.7. The standard InChI is InChI=1S/C18H22FNO2/c1-22-18-10-13(7-8-17(18)21)4-3-9-20-11-14-5-2-6-16(19)15(14)12-20/h2,5-8,10,15-16,21H,3-4,9,11-12H2,1H3. The van der Waals surface area contributed by atoms with Crippen molar-refractivity contribution in [3.8, 4) is 11.5 Å². The molecule has 0 radical (unpaired) electrons. The average molecular weight is 303 g/mol. The molecule has 1 fully saturated rings. The first-order valence-electron chi connectivity index (χ1n) is 7.77. The van der Waals surface area contributed by atoms with Gasteiger partial charge in [-0.15, -0.1) is 0 Å². The Bertz CT molecular complexity index is 597. The highest BCUT2D eigenvalue weighted by Gasteiger charge is 2.33. The van der Waals surface area contributed by atoms with Crippen LogP contribution in [0.2, 0.25) is 0 Å². The number of likely N-dealkylation sites (tertiary alicyclic amines) is 1. The average Bonchev–Trinajstić information content (AvgIpc) is 2.93. The van der Waals surface area contributed by atoms with Crippen molar-refractivity contribution in [2.75, 3.05) is 26.7 Å². The molecule has 2 aliphatic rings. The maximum atomic E-state index is 13.8. The lowest BCUT2D eigenvalue weighted by molar-refractivity contribution is 0.265. The van der Waals surface area contributed by atoms with E-state index in [1.54, 1.807) is 19.3 Å². The number of aryl methyl sites for hydroxylation is 1. The van der Waals surface area contributed by atoms with E-state index in [1.807, 2.05) is 18.2 Å². The van der Waals surface area contributed by atoms with E-state index in [4.69, 9.17) is 4.74 Å². The van der Waals surface area contributed by atoms with Crippen molar-refractivity contribution in [1.29, 1.82) is 0 Å². The van der Waals surface area contributed by atoms with Crippen LogP contribution in [0.15, 0.2) is 42.0 Å². The molecule has 1 aromatic rings. The molecule has 118 valence electrons. The highest BCUT2D eigenvalue weighted by molar-refractivity contribution is 5.41. The van der Waals surface area contributed by atoms with E-state index in [2.05, 4.69) is 11.0 Å². The molecule has 2 unspecified atom stereocenters. The van der Waals surface area contributed by atoms with Crippen molar-refractivity contribution < 1.29 is 14.2 Å². The van der Waals surface area contributed by atoms with Crippen LogP contribution >= 0.6 is 0 Å². The van der Waals surface area contributed by atoms with Gasteiger partial charge >= 0.3 is 0 Å². The SMILES string of the molecule is COc1cc(CCCN2CC3=CC=CC(F)C3C2)ccc1O. The fourth-order valence-electron chi connectivity index (χ4n) is 3.29. The molecule has 0 aromatic heterocycles. The van der Waals surface area contributed by atoms with Crippen LogP contribution in [-0.2, 0) is 6.42 Å². The van der Waals surface area contributed by atoms with Gasteiger partial charge in [-0.2, -0.15) is 0 Å². The monoisotopic (exact) mass is 303 g/mol. The summed E-state index contributed by atoms with van der Waals surface area (Å²) in [5.41, 5.74) is 2.37. The number of hydrogen-bond donors (Lipinski definition) is 1. The lowest BCUT2D eigenvalue weighted by atomic mass is 9.93. The molecule has 1 N–H and O–H groups in total. The van der Waals surface area contributed by atoms with Crippen molar-refractivity contribution in [2.45, 2.75) is 19.0 Å². The summed E-state index contributed by atoms with van der Waals surface area (Å²) in [4.78, 5) is 2.33.